The van der Waals surface area contributed by atoms with Crippen LogP contribution in [0.25, 0.3) is 0 Å². The number of nitrogens with two attached hydrogens (primary N) is 1. The van der Waals surface area contributed by atoms with Gasteiger partial charge < -0.3 is 10.5 Å². The Kier molecular flexibility index (Phi) is 5.26. The quantitative estimate of drug-likeness (QED) is 0.844. The molecular weight excluding hydrogens is 234 g/mol. The summed E-state index contributed by atoms with van der Waals surface area (Å²) in [6, 6.07) is 6.70. The summed E-state index contributed by atoms with van der Waals surface area (Å²) in [5, 5.41) is 0. The molecule has 2 nitrogen and oxygen atoms in total. The van der Waals surface area contributed by atoms with E-state index in [0.717, 1.165) is 31.1 Å². The van der Waals surface area contributed by atoms with Gasteiger partial charge in [0.05, 0.1) is 6.61 Å². The summed E-state index contributed by atoms with van der Waals surface area (Å²) in [6.07, 6.45) is 7.32. The van der Waals surface area contributed by atoms with Crippen LogP contribution in [0.3, 0.4) is 0 Å². The number of benzene rings is 1. The van der Waals surface area contributed by atoms with Gasteiger partial charge in [0.1, 0.15) is 5.75 Å². The Bertz CT molecular complexity index is 396. The Labute approximate surface area is 117 Å². The Morgan fingerprint density at radius 3 is 2.74 bits per heavy atom. The lowest BCUT2D eigenvalue weighted by Crippen LogP contribution is -2.22. The van der Waals surface area contributed by atoms with Gasteiger partial charge in [0.25, 0.3) is 0 Å². The summed E-state index contributed by atoms with van der Waals surface area (Å²) in [4.78, 5) is 0. The molecule has 1 saturated carbocycles. The Balaban J connectivity index is 2.00. The van der Waals surface area contributed by atoms with Crippen molar-refractivity contribution >= 4 is 0 Å². The van der Waals surface area contributed by atoms with E-state index < -0.39 is 0 Å². The molecule has 106 valence electrons. The predicted molar refractivity (Wildman–Crippen MR) is 80.6 cm³/mol. The van der Waals surface area contributed by atoms with Crippen LogP contribution in [0.2, 0.25) is 0 Å². The number of aryl methyl sites for hydroxylation is 1. The monoisotopic (exact) mass is 261 g/mol. The molecule has 0 spiro atoms. The highest BCUT2D eigenvalue weighted by Crippen LogP contribution is 2.27. The second-order valence-corrected chi connectivity index (χ2v) is 5.95. The maximum atomic E-state index is 6.09. The molecule has 2 N–H and O–H groups in total. The molecule has 1 unspecified atom stereocenters. The zero-order chi connectivity index (χ0) is 13.7. The van der Waals surface area contributed by atoms with E-state index in [1.54, 1.807) is 0 Å². The summed E-state index contributed by atoms with van der Waals surface area (Å²) < 4.78 is 6.07. The van der Waals surface area contributed by atoms with E-state index in [1.165, 1.54) is 36.8 Å². The minimum atomic E-state index is 0.232. The van der Waals surface area contributed by atoms with E-state index in [4.69, 9.17) is 10.5 Å². The van der Waals surface area contributed by atoms with E-state index in [1.807, 2.05) is 0 Å². The van der Waals surface area contributed by atoms with Crippen molar-refractivity contribution in [3.63, 3.8) is 0 Å². The molecule has 0 saturated heterocycles. The first-order valence-electron chi connectivity index (χ1n) is 7.67. The zero-order valence-corrected chi connectivity index (χ0v) is 12.3. The van der Waals surface area contributed by atoms with E-state index in [2.05, 4.69) is 32.0 Å². The van der Waals surface area contributed by atoms with Gasteiger partial charge in [-0.15, -0.1) is 0 Å². The molecule has 0 aromatic heterocycles. The third-order valence-corrected chi connectivity index (χ3v) is 4.17. The summed E-state index contributed by atoms with van der Waals surface area (Å²) in [5.41, 5.74) is 8.64. The molecule has 0 aliphatic heterocycles. The third-order valence-electron chi connectivity index (χ3n) is 4.17. The van der Waals surface area contributed by atoms with Gasteiger partial charge in [-0.3, -0.25) is 0 Å². The molecule has 1 atom stereocenters. The van der Waals surface area contributed by atoms with Crippen molar-refractivity contribution in [1.82, 2.24) is 0 Å². The van der Waals surface area contributed by atoms with Crippen molar-refractivity contribution in [2.24, 2.45) is 11.7 Å². The van der Waals surface area contributed by atoms with Crippen LogP contribution < -0.4 is 10.5 Å². The maximum absolute atomic E-state index is 6.09. The zero-order valence-electron chi connectivity index (χ0n) is 12.3. The van der Waals surface area contributed by atoms with Crippen LogP contribution in [-0.4, -0.2) is 12.6 Å². The largest absolute Gasteiger partial charge is 0.493 e. The number of hydrogen-bond acceptors (Lipinski definition) is 2. The van der Waals surface area contributed by atoms with E-state index in [-0.39, 0.29) is 6.04 Å². The van der Waals surface area contributed by atoms with Gasteiger partial charge in [-0.2, -0.15) is 0 Å². The lowest BCUT2D eigenvalue weighted by molar-refractivity contribution is 0.249. The summed E-state index contributed by atoms with van der Waals surface area (Å²) in [7, 11) is 0. The van der Waals surface area contributed by atoms with Crippen LogP contribution >= 0.6 is 0 Å². The van der Waals surface area contributed by atoms with Crippen molar-refractivity contribution in [1.29, 1.82) is 0 Å². The first-order chi connectivity index (χ1) is 9.19. The van der Waals surface area contributed by atoms with Crippen LogP contribution in [-0.2, 0) is 6.42 Å². The van der Waals surface area contributed by atoms with Gasteiger partial charge in [-0.25, -0.2) is 0 Å². The van der Waals surface area contributed by atoms with Crippen molar-refractivity contribution < 1.29 is 4.74 Å². The summed E-state index contributed by atoms with van der Waals surface area (Å²) in [6.45, 7) is 5.14. The highest BCUT2D eigenvalue weighted by molar-refractivity contribution is 5.37. The molecule has 1 aromatic rings. The second-order valence-electron chi connectivity index (χ2n) is 5.95. The van der Waals surface area contributed by atoms with E-state index in [9.17, 15) is 0 Å². The molecule has 2 heteroatoms. The van der Waals surface area contributed by atoms with Crippen molar-refractivity contribution in [3.05, 3.63) is 29.3 Å². The fourth-order valence-electron chi connectivity index (χ4n) is 2.82. The minimum absolute atomic E-state index is 0.232. The molecule has 1 aromatic carbocycles. The lowest BCUT2D eigenvalue weighted by atomic mass is 10.0. The standard InChI is InChI=1S/C17H27NO/c1-3-16(18)11-15-10-13(2)8-9-17(15)19-12-14-6-4-5-7-14/h8-10,14,16H,3-7,11-12,18H2,1-2H3. The number of rotatable bonds is 6. The second kappa shape index (κ2) is 6.95. The van der Waals surface area contributed by atoms with Crippen LogP contribution in [0.1, 0.15) is 50.2 Å². The SMILES string of the molecule is CCC(N)Cc1cc(C)ccc1OCC1CCCC1. The molecule has 0 bridgehead atoms. The molecule has 2 rings (SSSR count). The molecule has 1 aliphatic rings. The van der Waals surface area contributed by atoms with Crippen LogP contribution in [0.15, 0.2) is 18.2 Å². The Morgan fingerprint density at radius 2 is 2.05 bits per heavy atom. The molecular formula is C17H27NO. The average Bonchev–Trinajstić information content (AvgIpc) is 2.91. The normalized spacial score (nSPS) is 17.6. The smallest absolute Gasteiger partial charge is 0.122 e. The predicted octanol–water partition coefficient (Wildman–Crippen LogP) is 3.84. The van der Waals surface area contributed by atoms with Gasteiger partial charge in [0.15, 0.2) is 0 Å². The fraction of sp³-hybridized carbons (Fsp3) is 0.647. The Hall–Kier alpha value is -1.02. The Morgan fingerprint density at radius 1 is 1.32 bits per heavy atom. The van der Waals surface area contributed by atoms with Crippen molar-refractivity contribution in [2.75, 3.05) is 6.61 Å². The molecule has 0 heterocycles. The van der Waals surface area contributed by atoms with Crippen LogP contribution in [0.5, 0.6) is 5.75 Å². The van der Waals surface area contributed by atoms with Crippen LogP contribution in [0.4, 0.5) is 0 Å². The molecule has 19 heavy (non-hydrogen) atoms. The van der Waals surface area contributed by atoms with Gasteiger partial charge >= 0.3 is 0 Å². The average molecular weight is 261 g/mol. The summed E-state index contributed by atoms with van der Waals surface area (Å²) >= 11 is 0. The van der Waals surface area contributed by atoms with Gasteiger partial charge in [0.2, 0.25) is 0 Å². The van der Waals surface area contributed by atoms with Crippen LogP contribution in [0, 0.1) is 12.8 Å². The molecule has 1 fully saturated rings. The maximum Gasteiger partial charge on any atom is 0.122 e. The van der Waals surface area contributed by atoms with E-state index >= 15 is 0 Å². The van der Waals surface area contributed by atoms with Crippen molar-refractivity contribution in [2.45, 2.75) is 58.4 Å². The first kappa shape index (κ1) is 14.4. The number of ether oxygens (including phenoxy) is 1. The molecule has 0 amide bonds. The van der Waals surface area contributed by atoms with Gasteiger partial charge in [-0.1, -0.05) is 37.5 Å². The number of hydrogen-bond donors (Lipinski definition) is 1. The highest BCUT2D eigenvalue weighted by Gasteiger charge is 2.16. The fourth-order valence-corrected chi connectivity index (χ4v) is 2.82. The van der Waals surface area contributed by atoms with Gasteiger partial charge in [0, 0.05) is 6.04 Å². The topological polar surface area (TPSA) is 35.2 Å². The molecule has 0 radical (unpaired) electrons. The summed E-state index contributed by atoms with van der Waals surface area (Å²) in [5.74, 6) is 1.80. The molecule has 1 aliphatic carbocycles. The van der Waals surface area contributed by atoms with Crippen molar-refractivity contribution in [3.8, 4) is 5.75 Å². The highest BCUT2D eigenvalue weighted by atomic mass is 16.5. The van der Waals surface area contributed by atoms with E-state index in [0.29, 0.717) is 0 Å². The first-order valence-corrected chi connectivity index (χ1v) is 7.67. The van der Waals surface area contributed by atoms with Gasteiger partial charge in [-0.05, 0) is 50.2 Å². The third kappa shape index (κ3) is 4.24. The lowest BCUT2D eigenvalue weighted by Gasteiger charge is -2.17. The minimum Gasteiger partial charge on any atom is -0.493 e.